The van der Waals surface area contributed by atoms with Gasteiger partial charge in [0.2, 0.25) is 0 Å². The Hall–Kier alpha value is -1.39. The summed E-state index contributed by atoms with van der Waals surface area (Å²) in [4.78, 5) is 0.0482. The maximum atomic E-state index is 12.0. The quantitative estimate of drug-likeness (QED) is 0.230. The van der Waals surface area contributed by atoms with Crippen molar-refractivity contribution in [2.45, 2.75) is 109 Å². The van der Waals surface area contributed by atoms with E-state index in [1.165, 1.54) is 75.8 Å². The zero-order chi connectivity index (χ0) is 21.8. The van der Waals surface area contributed by atoms with Crippen LogP contribution >= 0.6 is 0 Å². The van der Waals surface area contributed by atoms with Gasteiger partial charge in [-0.3, -0.25) is 4.55 Å². The molecule has 4 heteroatoms. The lowest BCUT2D eigenvalue weighted by molar-refractivity contribution is 0.484. The number of fused-ring (bicyclic) bond motifs is 1. The molecule has 0 radical (unpaired) electrons. The standard InChI is InChI=1S/C26H40O3S/c1-3-5-7-9-11-13-16-22-20-23(17-14-12-10-8-6-4-2)26-24(21-22)18-15-19-25(26)30(27,28)29/h15,18-21H,3-14,16-17H2,1-2H3,(H,27,28,29). The molecular formula is C26H40O3S. The van der Waals surface area contributed by atoms with Crippen LogP contribution < -0.4 is 0 Å². The van der Waals surface area contributed by atoms with Gasteiger partial charge in [-0.05, 0) is 48.3 Å². The Morgan fingerprint density at radius 1 is 0.733 bits per heavy atom. The first kappa shape index (κ1) is 24.9. The van der Waals surface area contributed by atoms with E-state index in [-0.39, 0.29) is 4.90 Å². The molecule has 0 amide bonds. The summed E-state index contributed by atoms with van der Waals surface area (Å²) in [6.45, 7) is 4.46. The molecule has 0 atom stereocenters. The van der Waals surface area contributed by atoms with Crippen molar-refractivity contribution < 1.29 is 13.0 Å². The molecule has 0 aliphatic heterocycles. The third kappa shape index (κ3) is 8.03. The SMILES string of the molecule is CCCCCCCCc1cc(CCCCCCCC)c2c(S(=O)(=O)O)cccc2c1. The van der Waals surface area contributed by atoms with Crippen molar-refractivity contribution in [3.05, 3.63) is 41.5 Å². The van der Waals surface area contributed by atoms with Gasteiger partial charge >= 0.3 is 0 Å². The molecule has 0 aromatic heterocycles. The van der Waals surface area contributed by atoms with E-state index in [0.717, 1.165) is 36.6 Å². The first-order chi connectivity index (χ1) is 14.5. The third-order valence-electron chi connectivity index (χ3n) is 5.98. The zero-order valence-electron chi connectivity index (χ0n) is 19.0. The normalized spacial score (nSPS) is 12.0. The fourth-order valence-corrected chi connectivity index (χ4v) is 5.07. The molecule has 3 nitrogen and oxygen atoms in total. The topological polar surface area (TPSA) is 54.4 Å². The molecule has 30 heavy (non-hydrogen) atoms. The lowest BCUT2D eigenvalue weighted by atomic mass is 9.94. The van der Waals surface area contributed by atoms with Crippen LogP contribution in [0.2, 0.25) is 0 Å². The van der Waals surface area contributed by atoms with Gasteiger partial charge in [0.25, 0.3) is 10.1 Å². The number of benzene rings is 2. The predicted molar refractivity (Wildman–Crippen MR) is 128 cm³/mol. The summed E-state index contributed by atoms with van der Waals surface area (Å²) >= 11 is 0. The summed E-state index contributed by atoms with van der Waals surface area (Å²) in [5, 5.41) is 1.63. The van der Waals surface area contributed by atoms with Gasteiger partial charge in [-0.15, -0.1) is 0 Å². The first-order valence-corrected chi connectivity index (χ1v) is 13.4. The monoisotopic (exact) mass is 432 g/mol. The van der Waals surface area contributed by atoms with Gasteiger partial charge < -0.3 is 0 Å². The van der Waals surface area contributed by atoms with E-state index < -0.39 is 10.1 Å². The molecule has 2 aromatic rings. The Morgan fingerprint density at radius 2 is 1.30 bits per heavy atom. The highest BCUT2D eigenvalue weighted by molar-refractivity contribution is 7.86. The highest BCUT2D eigenvalue weighted by Crippen LogP contribution is 2.30. The molecule has 0 heterocycles. The van der Waals surface area contributed by atoms with E-state index in [2.05, 4.69) is 26.0 Å². The summed E-state index contributed by atoms with van der Waals surface area (Å²) in [5.74, 6) is 0. The van der Waals surface area contributed by atoms with E-state index in [1.54, 1.807) is 6.07 Å². The second kappa shape index (κ2) is 13.1. The van der Waals surface area contributed by atoms with E-state index >= 15 is 0 Å². The van der Waals surface area contributed by atoms with Crippen molar-refractivity contribution in [2.75, 3.05) is 0 Å². The van der Waals surface area contributed by atoms with Crippen molar-refractivity contribution in [3.8, 4) is 0 Å². The Balaban J connectivity index is 2.17. The van der Waals surface area contributed by atoms with Crippen LogP contribution in [0.15, 0.2) is 35.2 Å². The van der Waals surface area contributed by atoms with Crippen molar-refractivity contribution in [1.82, 2.24) is 0 Å². The lowest BCUT2D eigenvalue weighted by Gasteiger charge is -2.13. The Bertz CT molecular complexity index is 871. The highest BCUT2D eigenvalue weighted by atomic mass is 32.2. The molecule has 0 bridgehead atoms. The molecule has 0 aliphatic carbocycles. The summed E-state index contributed by atoms with van der Waals surface area (Å²) in [7, 11) is -4.24. The van der Waals surface area contributed by atoms with E-state index in [1.807, 2.05) is 6.07 Å². The fraction of sp³-hybridized carbons (Fsp3) is 0.615. The van der Waals surface area contributed by atoms with Gasteiger partial charge in [-0.2, -0.15) is 8.42 Å². The van der Waals surface area contributed by atoms with Crippen LogP contribution in [-0.2, 0) is 23.0 Å². The molecule has 0 unspecified atom stereocenters. The highest BCUT2D eigenvalue weighted by Gasteiger charge is 2.17. The molecule has 0 aliphatic rings. The minimum atomic E-state index is -4.24. The summed E-state index contributed by atoms with van der Waals surface area (Å²) in [6.07, 6.45) is 16.7. The average Bonchev–Trinajstić information content (AvgIpc) is 2.71. The Morgan fingerprint density at radius 3 is 1.90 bits per heavy atom. The average molecular weight is 433 g/mol. The van der Waals surface area contributed by atoms with E-state index in [4.69, 9.17) is 0 Å². The number of aryl methyl sites for hydroxylation is 2. The third-order valence-corrected chi connectivity index (χ3v) is 6.87. The largest absolute Gasteiger partial charge is 0.295 e. The minimum Gasteiger partial charge on any atom is -0.282 e. The van der Waals surface area contributed by atoms with Crippen LogP contribution in [0.3, 0.4) is 0 Å². The van der Waals surface area contributed by atoms with E-state index in [9.17, 15) is 13.0 Å². The number of rotatable bonds is 15. The zero-order valence-corrected chi connectivity index (χ0v) is 19.8. The molecular weight excluding hydrogens is 392 g/mol. The van der Waals surface area contributed by atoms with Crippen molar-refractivity contribution in [1.29, 1.82) is 0 Å². The Labute approximate surface area is 184 Å². The van der Waals surface area contributed by atoms with Crippen molar-refractivity contribution in [2.24, 2.45) is 0 Å². The van der Waals surface area contributed by atoms with Crippen LogP contribution in [-0.4, -0.2) is 13.0 Å². The maximum Gasteiger partial charge on any atom is 0.295 e. The van der Waals surface area contributed by atoms with Crippen LogP contribution in [0.1, 0.15) is 102 Å². The second-order valence-corrected chi connectivity index (χ2v) is 10.0. The molecule has 0 saturated heterocycles. The van der Waals surface area contributed by atoms with Crippen molar-refractivity contribution >= 4 is 20.9 Å². The molecule has 168 valence electrons. The smallest absolute Gasteiger partial charge is 0.282 e. The predicted octanol–water partition coefficient (Wildman–Crippen LogP) is 7.89. The first-order valence-electron chi connectivity index (χ1n) is 12.0. The fourth-order valence-electron chi connectivity index (χ4n) is 4.31. The van der Waals surface area contributed by atoms with Crippen LogP contribution in [0.4, 0.5) is 0 Å². The van der Waals surface area contributed by atoms with Gasteiger partial charge in [0.15, 0.2) is 0 Å². The summed E-state index contributed by atoms with van der Waals surface area (Å²) in [5.41, 5.74) is 2.35. The van der Waals surface area contributed by atoms with Crippen molar-refractivity contribution in [3.63, 3.8) is 0 Å². The number of hydrogen-bond donors (Lipinski definition) is 1. The van der Waals surface area contributed by atoms with Gasteiger partial charge in [0.1, 0.15) is 4.90 Å². The molecule has 2 rings (SSSR count). The summed E-state index contributed by atoms with van der Waals surface area (Å²) < 4.78 is 33.7. The van der Waals surface area contributed by atoms with Gasteiger partial charge in [-0.25, -0.2) is 0 Å². The van der Waals surface area contributed by atoms with Crippen LogP contribution in [0.5, 0.6) is 0 Å². The van der Waals surface area contributed by atoms with Gasteiger partial charge in [0.05, 0.1) is 0 Å². The van der Waals surface area contributed by atoms with Gasteiger partial charge in [-0.1, -0.05) is 102 Å². The summed E-state index contributed by atoms with van der Waals surface area (Å²) in [6, 6.07) is 9.53. The molecule has 1 N–H and O–H groups in total. The Kier molecular flexibility index (Phi) is 10.9. The van der Waals surface area contributed by atoms with Gasteiger partial charge in [0, 0.05) is 5.39 Å². The van der Waals surface area contributed by atoms with Crippen LogP contribution in [0, 0.1) is 0 Å². The second-order valence-electron chi connectivity index (χ2n) is 8.62. The molecule has 0 saturated carbocycles. The molecule has 0 spiro atoms. The number of unbranched alkanes of at least 4 members (excludes halogenated alkanes) is 10. The number of hydrogen-bond acceptors (Lipinski definition) is 2. The van der Waals surface area contributed by atoms with Crippen LogP contribution in [0.25, 0.3) is 10.8 Å². The minimum absolute atomic E-state index is 0.0482. The molecule has 0 fully saturated rings. The lowest BCUT2D eigenvalue weighted by Crippen LogP contribution is -2.02. The maximum absolute atomic E-state index is 12.0. The molecule has 2 aromatic carbocycles. The van der Waals surface area contributed by atoms with E-state index in [0.29, 0.717) is 5.39 Å².